The van der Waals surface area contributed by atoms with E-state index >= 15 is 0 Å². The van der Waals surface area contributed by atoms with Gasteiger partial charge in [-0.2, -0.15) is 0 Å². The Morgan fingerprint density at radius 2 is 1.67 bits per heavy atom. The highest BCUT2D eigenvalue weighted by molar-refractivity contribution is 5.65. The first-order valence-electron chi connectivity index (χ1n) is 5.41. The van der Waals surface area contributed by atoms with E-state index in [4.69, 9.17) is 14.2 Å². The van der Waals surface area contributed by atoms with E-state index in [-0.39, 0.29) is 5.97 Å². The number of hydrogen-bond acceptors (Lipinski definition) is 4. The molecule has 0 unspecified atom stereocenters. The topological polar surface area (TPSA) is 44.8 Å². The zero-order valence-corrected chi connectivity index (χ0v) is 9.95. The maximum absolute atomic E-state index is 10.2. The summed E-state index contributed by atoms with van der Waals surface area (Å²) in [6.45, 7) is 9.31. The van der Waals surface area contributed by atoms with E-state index in [2.05, 4.69) is 13.8 Å². The molecule has 15 heavy (non-hydrogen) atoms. The quantitative estimate of drug-likeness (QED) is 0.675. The minimum absolute atomic E-state index is 0.185. The van der Waals surface area contributed by atoms with Gasteiger partial charge in [0.1, 0.15) is 0 Å². The SMILES string of the molecule is C1COCCO1.CC(=O)OCCC(C)C. The number of ether oxygens (including phenoxy) is 3. The summed E-state index contributed by atoms with van der Waals surface area (Å²) in [5, 5.41) is 0. The molecule has 0 radical (unpaired) electrons. The molecule has 0 spiro atoms. The minimum Gasteiger partial charge on any atom is -0.466 e. The van der Waals surface area contributed by atoms with E-state index in [1.54, 1.807) is 0 Å². The number of carbonyl (C=O) groups is 1. The number of hydrogen-bond donors (Lipinski definition) is 0. The molecule has 0 aromatic heterocycles. The van der Waals surface area contributed by atoms with Crippen LogP contribution in [0.25, 0.3) is 0 Å². The normalized spacial score (nSPS) is 15.5. The molecule has 1 rings (SSSR count). The Morgan fingerprint density at radius 1 is 1.20 bits per heavy atom. The highest BCUT2D eigenvalue weighted by atomic mass is 16.6. The van der Waals surface area contributed by atoms with Gasteiger partial charge in [0.05, 0.1) is 33.0 Å². The summed E-state index contributed by atoms with van der Waals surface area (Å²) in [5.41, 5.74) is 0. The van der Waals surface area contributed by atoms with E-state index < -0.39 is 0 Å². The van der Waals surface area contributed by atoms with E-state index in [0.717, 1.165) is 32.8 Å². The second-order valence-corrected chi connectivity index (χ2v) is 3.75. The maximum Gasteiger partial charge on any atom is 0.302 e. The molecular formula is C11H22O4. The fourth-order valence-electron chi connectivity index (χ4n) is 0.878. The molecule has 0 N–H and O–H groups in total. The fourth-order valence-corrected chi connectivity index (χ4v) is 0.878. The van der Waals surface area contributed by atoms with Crippen LogP contribution in [-0.4, -0.2) is 39.0 Å². The Hall–Kier alpha value is -0.610. The first kappa shape index (κ1) is 14.4. The van der Waals surface area contributed by atoms with Crippen molar-refractivity contribution in [2.75, 3.05) is 33.0 Å². The summed E-state index contributed by atoms with van der Waals surface area (Å²) < 4.78 is 14.6. The molecule has 0 amide bonds. The molecule has 1 saturated heterocycles. The van der Waals surface area contributed by atoms with Gasteiger partial charge in [0.2, 0.25) is 0 Å². The Labute approximate surface area is 91.9 Å². The zero-order valence-electron chi connectivity index (χ0n) is 9.95. The standard InChI is InChI=1S/C7H14O2.C4H8O2/c1-6(2)4-5-9-7(3)8;1-2-6-4-3-5-1/h6H,4-5H2,1-3H3;1-4H2. The van der Waals surface area contributed by atoms with Gasteiger partial charge in [0.25, 0.3) is 0 Å². The van der Waals surface area contributed by atoms with Gasteiger partial charge in [-0.3, -0.25) is 4.79 Å². The smallest absolute Gasteiger partial charge is 0.302 e. The van der Waals surface area contributed by atoms with Gasteiger partial charge in [-0.1, -0.05) is 13.8 Å². The van der Waals surface area contributed by atoms with Gasteiger partial charge < -0.3 is 14.2 Å². The van der Waals surface area contributed by atoms with Crippen molar-refractivity contribution in [3.63, 3.8) is 0 Å². The monoisotopic (exact) mass is 218 g/mol. The summed E-state index contributed by atoms with van der Waals surface area (Å²) >= 11 is 0. The third-order valence-electron chi connectivity index (χ3n) is 1.74. The molecule has 0 aromatic carbocycles. The Morgan fingerprint density at radius 3 is 1.93 bits per heavy atom. The van der Waals surface area contributed by atoms with Crippen molar-refractivity contribution in [3.05, 3.63) is 0 Å². The predicted molar refractivity (Wildman–Crippen MR) is 57.7 cm³/mol. The molecule has 0 aromatic rings. The summed E-state index contributed by atoms with van der Waals surface area (Å²) in [6, 6.07) is 0. The van der Waals surface area contributed by atoms with Crippen molar-refractivity contribution in [1.29, 1.82) is 0 Å². The van der Waals surface area contributed by atoms with Crippen LogP contribution in [0, 0.1) is 5.92 Å². The largest absolute Gasteiger partial charge is 0.466 e. The van der Waals surface area contributed by atoms with E-state index in [1.807, 2.05) is 0 Å². The molecular weight excluding hydrogens is 196 g/mol. The molecule has 0 bridgehead atoms. The van der Waals surface area contributed by atoms with Crippen molar-refractivity contribution in [3.8, 4) is 0 Å². The van der Waals surface area contributed by atoms with Crippen LogP contribution in [0.5, 0.6) is 0 Å². The molecule has 0 saturated carbocycles. The number of esters is 1. The van der Waals surface area contributed by atoms with Crippen LogP contribution < -0.4 is 0 Å². The van der Waals surface area contributed by atoms with Gasteiger partial charge in [-0.05, 0) is 12.3 Å². The summed E-state index contributed by atoms with van der Waals surface area (Å²) in [7, 11) is 0. The van der Waals surface area contributed by atoms with Crippen LogP contribution in [0.4, 0.5) is 0 Å². The van der Waals surface area contributed by atoms with Crippen LogP contribution in [0.3, 0.4) is 0 Å². The van der Waals surface area contributed by atoms with E-state index in [1.165, 1.54) is 6.92 Å². The van der Waals surface area contributed by atoms with Crippen LogP contribution in [0.1, 0.15) is 27.2 Å². The molecule has 4 nitrogen and oxygen atoms in total. The summed E-state index contributed by atoms with van der Waals surface area (Å²) in [5.74, 6) is 0.431. The lowest BCUT2D eigenvalue weighted by atomic mass is 10.1. The lowest BCUT2D eigenvalue weighted by Gasteiger charge is -2.09. The van der Waals surface area contributed by atoms with Crippen LogP contribution in [-0.2, 0) is 19.0 Å². The maximum atomic E-state index is 10.2. The molecule has 4 heteroatoms. The third kappa shape index (κ3) is 13.4. The molecule has 1 fully saturated rings. The Balaban J connectivity index is 0.000000280. The van der Waals surface area contributed by atoms with E-state index in [0.29, 0.717) is 12.5 Å². The van der Waals surface area contributed by atoms with Gasteiger partial charge >= 0.3 is 5.97 Å². The van der Waals surface area contributed by atoms with Crippen molar-refractivity contribution in [2.45, 2.75) is 27.2 Å². The van der Waals surface area contributed by atoms with Crippen LogP contribution in [0.15, 0.2) is 0 Å². The number of rotatable bonds is 3. The van der Waals surface area contributed by atoms with Crippen molar-refractivity contribution in [1.82, 2.24) is 0 Å². The lowest BCUT2D eigenvalue weighted by Crippen LogP contribution is -2.16. The molecule has 0 atom stereocenters. The minimum atomic E-state index is -0.185. The third-order valence-corrected chi connectivity index (χ3v) is 1.74. The molecule has 1 aliphatic heterocycles. The van der Waals surface area contributed by atoms with Gasteiger partial charge in [0.15, 0.2) is 0 Å². The average molecular weight is 218 g/mol. The highest BCUT2D eigenvalue weighted by Gasteiger charge is 1.95. The highest BCUT2D eigenvalue weighted by Crippen LogP contribution is 1.98. The first-order chi connectivity index (χ1) is 7.13. The molecule has 90 valence electrons. The second kappa shape index (κ2) is 9.93. The average Bonchev–Trinajstić information content (AvgIpc) is 2.20. The van der Waals surface area contributed by atoms with Gasteiger partial charge in [-0.15, -0.1) is 0 Å². The van der Waals surface area contributed by atoms with Crippen molar-refractivity contribution >= 4 is 5.97 Å². The van der Waals surface area contributed by atoms with E-state index in [9.17, 15) is 4.79 Å². The Kier molecular flexibility index (Phi) is 9.52. The van der Waals surface area contributed by atoms with Crippen molar-refractivity contribution < 1.29 is 19.0 Å². The van der Waals surface area contributed by atoms with Gasteiger partial charge in [-0.25, -0.2) is 0 Å². The number of carbonyl (C=O) groups excluding carboxylic acids is 1. The first-order valence-corrected chi connectivity index (χ1v) is 5.41. The van der Waals surface area contributed by atoms with Crippen LogP contribution >= 0.6 is 0 Å². The fraction of sp³-hybridized carbons (Fsp3) is 0.909. The predicted octanol–water partition coefficient (Wildman–Crippen LogP) is 1.63. The second-order valence-electron chi connectivity index (χ2n) is 3.75. The Bertz CT molecular complexity index is 141. The van der Waals surface area contributed by atoms with Crippen LogP contribution in [0.2, 0.25) is 0 Å². The summed E-state index contributed by atoms with van der Waals surface area (Å²) in [4.78, 5) is 10.2. The summed E-state index contributed by atoms with van der Waals surface area (Å²) in [6.07, 6.45) is 0.958. The molecule has 1 aliphatic rings. The van der Waals surface area contributed by atoms with Crippen molar-refractivity contribution in [2.24, 2.45) is 5.92 Å². The zero-order chi connectivity index (χ0) is 11.5. The van der Waals surface area contributed by atoms with Gasteiger partial charge in [0, 0.05) is 6.92 Å². The lowest BCUT2D eigenvalue weighted by molar-refractivity contribution is -0.141. The molecule has 1 heterocycles. The molecule has 0 aliphatic carbocycles.